The Labute approximate surface area is 136 Å². The van der Waals surface area contributed by atoms with Gasteiger partial charge in [0.15, 0.2) is 0 Å². The molecule has 23 heavy (non-hydrogen) atoms. The molecule has 2 aromatic rings. The lowest BCUT2D eigenvalue weighted by Gasteiger charge is -2.32. The number of rotatable bonds is 5. The summed E-state index contributed by atoms with van der Waals surface area (Å²) in [5, 5.41) is 16.8. The molecule has 1 aliphatic rings. The van der Waals surface area contributed by atoms with Gasteiger partial charge in [-0.05, 0) is 12.5 Å². The van der Waals surface area contributed by atoms with Crippen LogP contribution in [0.2, 0.25) is 0 Å². The van der Waals surface area contributed by atoms with Crippen LogP contribution in [0.25, 0.3) is 0 Å². The van der Waals surface area contributed by atoms with Gasteiger partial charge in [-0.25, -0.2) is 9.97 Å². The van der Waals surface area contributed by atoms with Crippen molar-refractivity contribution in [1.82, 2.24) is 15.3 Å². The lowest BCUT2D eigenvalue weighted by Crippen LogP contribution is -2.49. The minimum absolute atomic E-state index is 0.415. The summed E-state index contributed by atoms with van der Waals surface area (Å²) in [7, 11) is 0. The number of nitrogens with zero attached hydrogens (tertiary/aromatic N) is 3. The van der Waals surface area contributed by atoms with Crippen molar-refractivity contribution < 1.29 is 5.11 Å². The number of hydrogen-bond donors (Lipinski definition) is 3. The third kappa shape index (κ3) is 4.18. The lowest BCUT2D eigenvalue weighted by atomic mass is 10.1. The summed E-state index contributed by atoms with van der Waals surface area (Å²) >= 11 is 0. The minimum atomic E-state index is -0.561. The number of aliphatic hydroxyl groups excluding tert-OH is 1. The summed E-state index contributed by atoms with van der Waals surface area (Å²) in [6, 6.07) is 12.0. The van der Waals surface area contributed by atoms with E-state index in [4.69, 9.17) is 0 Å². The van der Waals surface area contributed by atoms with E-state index >= 15 is 0 Å². The number of piperazine rings is 1. The summed E-state index contributed by atoms with van der Waals surface area (Å²) < 4.78 is 0. The molecule has 0 spiro atoms. The van der Waals surface area contributed by atoms with Gasteiger partial charge in [0.1, 0.15) is 18.0 Å². The zero-order valence-electron chi connectivity index (χ0n) is 13.3. The van der Waals surface area contributed by atoms with Crippen LogP contribution in [0.15, 0.2) is 42.7 Å². The van der Waals surface area contributed by atoms with Crippen LogP contribution >= 0.6 is 0 Å². The maximum atomic E-state index is 10.2. The van der Waals surface area contributed by atoms with Crippen molar-refractivity contribution >= 4 is 11.6 Å². The predicted octanol–water partition coefficient (Wildman–Crippen LogP) is 1.42. The number of nitrogens with one attached hydrogen (secondary N) is 2. The van der Waals surface area contributed by atoms with Gasteiger partial charge in [-0.2, -0.15) is 0 Å². The SMILES string of the molecule is CC1CN(c2cc(NCC(O)c3ccccc3)ncn2)CCN1. The molecule has 1 aliphatic heterocycles. The maximum Gasteiger partial charge on any atom is 0.134 e. The van der Waals surface area contributed by atoms with Gasteiger partial charge in [0.05, 0.1) is 6.10 Å². The topological polar surface area (TPSA) is 73.3 Å². The van der Waals surface area contributed by atoms with Gasteiger partial charge in [0.25, 0.3) is 0 Å². The van der Waals surface area contributed by atoms with E-state index in [1.165, 1.54) is 0 Å². The standard InChI is InChI=1S/C17H23N5O/c1-13-11-22(8-7-18-13)17-9-16(20-12-21-17)19-10-15(23)14-5-3-2-4-6-14/h2-6,9,12-13,15,18,23H,7-8,10-11H2,1H3,(H,19,20,21). The number of anilines is 2. The van der Waals surface area contributed by atoms with Gasteiger partial charge in [-0.15, -0.1) is 0 Å². The Bertz CT molecular complexity index is 621. The summed E-state index contributed by atoms with van der Waals surface area (Å²) in [6.45, 7) is 5.42. The van der Waals surface area contributed by atoms with E-state index in [1.54, 1.807) is 6.33 Å². The van der Waals surface area contributed by atoms with Crippen molar-refractivity contribution in [2.24, 2.45) is 0 Å². The second kappa shape index (κ2) is 7.39. The largest absolute Gasteiger partial charge is 0.387 e. The van der Waals surface area contributed by atoms with Crippen molar-refractivity contribution in [3.63, 3.8) is 0 Å². The molecule has 2 atom stereocenters. The first-order chi connectivity index (χ1) is 11.2. The third-order valence-electron chi connectivity index (χ3n) is 4.01. The van der Waals surface area contributed by atoms with Crippen molar-refractivity contribution in [2.75, 3.05) is 36.4 Å². The van der Waals surface area contributed by atoms with Gasteiger partial charge in [-0.1, -0.05) is 30.3 Å². The average molecular weight is 313 g/mol. The van der Waals surface area contributed by atoms with Gasteiger partial charge in [-0.3, -0.25) is 0 Å². The molecule has 1 aromatic heterocycles. The van der Waals surface area contributed by atoms with E-state index in [0.29, 0.717) is 12.6 Å². The summed E-state index contributed by atoms with van der Waals surface area (Å²) in [4.78, 5) is 10.9. The van der Waals surface area contributed by atoms with Crippen LogP contribution in [0.1, 0.15) is 18.6 Å². The van der Waals surface area contributed by atoms with Crippen LogP contribution < -0.4 is 15.5 Å². The fraction of sp³-hybridized carbons (Fsp3) is 0.412. The lowest BCUT2D eigenvalue weighted by molar-refractivity contribution is 0.191. The molecule has 1 saturated heterocycles. The minimum Gasteiger partial charge on any atom is -0.387 e. The van der Waals surface area contributed by atoms with Crippen LogP contribution in [-0.4, -0.2) is 47.3 Å². The second-order valence-corrected chi connectivity index (χ2v) is 5.87. The molecule has 1 aromatic carbocycles. The summed E-state index contributed by atoms with van der Waals surface area (Å²) in [5.74, 6) is 1.65. The molecule has 1 fully saturated rings. The monoisotopic (exact) mass is 313 g/mol. The second-order valence-electron chi connectivity index (χ2n) is 5.87. The Morgan fingerprint density at radius 1 is 1.35 bits per heavy atom. The molecule has 6 nitrogen and oxygen atoms in total. The van der Waals surface area contributed by atoms with Gasteiger partial charge in [0.2, 0.25) is 0 Å². The highest BCUT2D eigenvalue weighted by molar-refractivity contribution is 5.49. The number of aromatic nitrogens is 2. The molecular formula is C17H23N5O. The van der Waals surface area contributed by atoms with Crippen LogP contribution in [0.3, 0.4) is 0 Å². The van der Waals surface area contributed by atoms with E-state index in [0.717, 1.165) is 36.8 Å². The van der Waals surface area contributed by atoms with E-state index in [9.17, 15) is 5.11 Å². The van der Waals surface area contributed by atoms with Crippen molar-refractivity contribution in [3.05, 3.63) is 48.3 Å². The first-order valence-corrected chi connectivity index (χ1v) is 7.99. The quantitative estimate of drug-likeness (QED) is 0.775. The smallest absolute Gasteiger partial charge is 0.134 e. The van der Waals surface area contributed by atoms with E-state index in [2.05, 4.69) is 32.4 Å². The predicted molar refractivity (Wildman–Crippen MR) is 91.6 cm³/mol. The highest BCUT2D eigenvalue weighted by Gasteiger charge is 2.17. The third-order valence-corrected chi connectivity index (χ3v) is 4.01. The van der Waals surface area contributed by atoms with Gasteiger partial charge in [0, 0.05) is 38.3 Å². The fourth-order valence-corrected chi connectivity index (χ4v) is 2.75. The molecule has 2 heterocycles. The highest BCUT2D eigenvalue weighted by Crippen LogP contribution is 2.17. The molecule has 0 bridgehead atoms. The molecule has 6 heteroatoms. The van der Waals surface area contributed by atoms with Crippen LogP contribution in [0, 0.1) is 0 Å². The Kier molecular flexibility index (Phi) is 5.05. The Hall–Kier alpha value is -2.18. The van der Waals surface area contributed by atoms with E-state index < -0.39 is 6.10 Å². The number of aliphatic hydroxyl groups is 1. The maximum absolute atomic E-state index is 10.2. The molecule has 0 aliphatic carbocycles. The van der Waals surface area contributed by atoms with Crippen LogP contribution in [0.5, 0.6) is 0 Å². The van der Waals surface area contributed by atoms with Gasteiger partial charge < -0.3 is 20.6 Å². The molecular weight excluding hydrogens is 290 g/mol. The molecule has 0 radical (unpaired) electrons. The fourth-order valence-electron chi connectivity index (χ4n) is 2.75. The van der Waals surface area contributed by atoms with Crippen LogP contribution in [-0.2, 0) is 0 Å². The molecule has 0 saturated carbocycles. The molecule has 2 unspecified atom stereocenters. The molecule has 3 rings (SSSR count). The normalized spacial score (nSPS) is 19.4. The Morgan fingerprint density at radius 3 is 2.96 bits per heavy atom. The zero-order valence-corrected chi connectivity index (χ0v) is 13.3. The Morgan fingerprint density at radius 2 is 2.17 bits per heavy atom. The van der Waals surface area contributed by atoms with Crippen molar-refractivity contribution in [3.8, 4) is 0 Å². The van der Waals surface area contributed by atoms with Gasteiger partial charge >= 0.3 is 0 Å². The molecule has 3 N–H and O–H groups in total. The average Bonchev–Trinajstić information content (AvgIpc) is 2.61. The molecule has 0 amide bonds. The first-order valence-electron chi connectivity index (χ1n) is 7.99. The van der Waals surface area contributed by atoms with Crippen molar-refractivity contribution in [1.29, 1.82) is 0 Å². The zero-order chi connectivity index (χ0) is 16.1. The van der Waals surface area contributed by atoms with E-state index in [1.807, 2.05) is 36.4 Å². The van der Waals surface area contributed by atoms with Crippen molar-refractivity contribution in [2.45, 2.75) is 19.1 Å². The van der Waals surface area contributed by atoms with E-state index in [-0.39, 0.29) is 0 Å². The Balaban J connectivity index is 1.61. The molecule has 122 valence electrons. The number of benzene rings is 1. The summed E-state index contributed by atoms with van der Waals surface area (Å²) in [5.41, 5.74) is 0.894. The summed E-state index contributed by atoms with van der Waals surface area (Å²) in [6.07, 6.45) is 1.01. The highest BCUT2D eigenvalue weighted by atomic mass is 16.3. The first kappa shape index (κ1) is 15.7. The number of hydrogen-bond acceptors (Lipinski definition) is 6. The van der Waals surface area contributed by atoms with Crippen LogP contribution in [0.4, 0.5) is 11.6 Å².